The van der Waals surface area contributed by atoms with E-state index in [2.05, 4.69) is 68.1 Å². The molecule has 4 heterocycles. The lowest BCUT2D eigenvalue weighted by atomic mass is 9.72. The third-order valence-electron chi connectivity index (χ3n) is 18.0. The van der Waals surface area contributed by atoms with Gasteiger partial charge in [0.25, 0.3) is 0 Å². The van der Waals surface area contributed by atoms with Crippen LogP contribution in [0.2, 0.25) is 0 Å². The molecule has 3 aromatic carbocycles. The third kappa shape index (κ3) is 29.1. The molecule has 8 N–H and O–H groups in total. The summed E-state index contributed by atoms with van der Waals surface area (Å²) in [6, 6.07) is 18.6. The molecular formula is C68H101BCl2F9N6O10. The Labute approximate surface area is 572 Å². The second kappa shape index (κ2) is 39.6. The van der Waals surface area contributed by atoms with Crippen molar-refractivity contribution in [1.29, 1.82) is 0 Å². The normalized spacial score (nSPS) is 25.1. The Balaban J connectivity index is 0.000000274. The molecule has 3 aromatic rings. The van der Waals surface area contributed by atoms with Gasteiger partial charge in [-0.15, -0.1) is 62.7 Å². The number of hydrogen-bond donors (Lipinski definition) is 8. The van der Waals surface area contributed by atoms with E-state index in [4.69, 9.17) is 27.9 Å². The van der Waals surface area contributed by atoms with Crippen LogP contribution >= 0.6 is 23.2 Å². The van der Waals surface area contributed by atoms with Gasteiger partial charge >= 0.3 is 25.1 Å². The molecule has 1 amide bonds. The summed E-state index contributed by atoms with van der Waals surface area (Å²) in [6.07, 6.45) is -1.13. The Bertz CT molecular complexity index is 2710. The minimum atomic E-state index is -4.85. The van der Waals surface area contributed by atoms with Crippen LogP contribution in [0.25, 0.3) is 0 Å². The Morgan fingerprint density at radius 3 is 1.20 bits per heavy atom. The fourth-order valence-corrected chi connectivity index (χ4v) is 14.2. The summed E-state index contributed by atoms with van der Waals surface area (Å²) in [6.45, 7) is 20.2. The number of nitrogens with zero attached hydrogens (tertiary/aromatic N) is 2. The summed E-state index contributed by atoms with van der Waals surface area (Å²) in [7, 11) is 0. The first-order valence-corrected chi connectivity index (χ1v) is 34.4. The molecule has 0 unspecified atom stereocenters. The number of piperazine rings is 3. The molecule has 96 heavy (non-hydrogen) atoms. The van der Waals surface area contributed by atoms with E-state index in [1.807, 2.05) is 19.9 Å². The molecule has 0 aromatic heterocycles. The number of benzene rings is 3. The van der Waals surface area contributed by atoms with Crippen molar-refractivity contribution in [2.24, 2.45) is 0 Å². The minimum Gasteiger partial charge on any atom is -0.481 e. The zero-order valence-electron chi connectivity index (χ0n) is 56.1. The largest absolute Gasteiger partial charge is 0.573 e. The highest BCUT2D eigenvalue weighted by Gasteiger charge is 2.47. The van der Waals surface area contributed by atoms with Crippen LogP contribution in [0, 0.1) is 0 Å². The van der Waals surface area contributed by atoms with Gasteiger partial charge in [0.15, 0.2) is 0 Å². The van der Waals surface area contributed by atoms with Crippen LogP contribution in [0.3, 0.4) is 0 Å². The highest BCUT2D eigenvalue weighted by Crippen LogP contribution is 2.45. The number of carboxylic acids is 1. The van der Waals surface area contributed by atoms with Crippen molar-refractivity contribution >= 4 is 43.5 Å². The number of halogens is 11. The SMILES string of the molecule is C1CCOC1.C[C@@H]1CN(C(=O)[C@H](c2cccc(OC(F)(F)F)c2)C2(O)CCCCC2)C[C@H](C)N1.C[C@@H]1CN(C[C@H](c2cccc(OC(F)(F)F)c2)C2(O)CCCCC2)C[C@H](C)N1.C[C@@H]1CNC[C@H](C)N1.ClCCl.O=C(O)[C@H](c1cccc(OC(F)(F)F)c1)C1(O)CCCCC1.[B]. The second-order valence-corrected chi connectivity index (χ2v) is 27.4. The van der Waals surface area contributed by atoms with Gasteiger partial charge in [-0.3, -0.25) is 14.5 Å². The number of carboxylic acid groups (broad SMARTS) is 1. The van der Waals surface area contributed by atoms with Crippen molar-refractivity contribution in [3.63, 3.8) is 0 Å². The van der Waals surface area contributed by atoms with Crippen molar-refractivity contribution < 1.29 is 88.5 Å². The fourth-order valence-electron chi connectivity index (χ4n) is 14.2. The zero-order valence-corrected chi connectivity index (χ0v) is 57.6. The van der Waals surface area contributed by atoms with Crippen LogP contribution in [0.5, 0.6) is 17.2 Å². The quantitative estimate of drug-likeness (QED) is 0.0455. The van der Waals surface area contributed by atoms with Gasteiger partial charge in [-0.25, -0.2) is 0 Å². The Morgan fingerprint density at radius 2 is 0.854 bits per heavy atom. The predicted octanol–water partition coefficient (Wildman–Crippen LogP) is 12.9. The maximum absolute atomic E-state index is 13.6. The van der Waals surface area contributed by atoms with E-state index >= 15 is 0 Å². The van der Waals surface area contributed by atoms with Gasteiger partial charge in [-0.2, -0.15) is 0 Å². The molecule has 3 radical (unpaired) electrons. The molecule has 16 nitrogen and oxygen atoms in total. The number of nitrogens with one attached hydrogen (secondary N) is 4. The number of aliphatic carboxylic acids is 1. The Kier molecular flexibility index (Phi) is 34.7. The van der Waals surface area contributed by atoms with E-state index in [1.165, 1.54) is 55.3 Å². The van der Waals surface area contributed by atoms with Gasteiger partial charge in [-0.05, 0) is 146 Å². The zero-order chi connectivity index (χ0) is 70.2. The molecule has 3 saturated carbocycles. The lowest BCUT2D eigenvalue weighted by Gasteiger charge is -2.44. The van der Waals surface area contributed by atoms with Gasteiger partial charge in [0.1, 0.15) is 23.2 Å². The summed E-state index contributed by atoms with van der Waals surface area (Å²) in [5.41, 5.74) is -2.43. The van der Waals surface area contributed by atoms with Crippen LogP contribution < -0.4 is 35.5 Å². The fraction of sp³-hybridized carbons (Fsp3) is 0.706. The van der Waals surface area contributed by atoms with Gasteiger partial charge in [0, 0.05) is 110 Å². The standard InChI is InChI=1S/C21H29F3N2O3.C21H31F3N2O2.C15H17F3O4.C6H14N2.C4H8O.CH2Cl2.B/c1-14-12-26(13-15(2)25-14)19(27)18(20(28)9-4-3-5-10-20)16-7-6-8-17(11-16)29-21(22,23)24;1-15-12-26(13-16(2)25-15)14-19(20(27)9-4-3-5-10-20)17-7-6-8-18(11-17)28-21(22,23)24;16-15(17,18)22-11-6-4-5-10(9-11)12(13(19)20)14(21)7-2-1-3-8-14;1-5-3-7-4-6(2)8-5;1-2-4-5-3-1;2-1-3;/h6-8,11,14-15,18,25,28H,3-5,9-10,12-13H2,1-2H3;6-8,11,15-16,19,25,27H,3-5,9-10,12-14H2,1-2H3;4-6,9,12,21H,1-3,7-8H2,(H,19,20);5-8H,3-4H2,1-2H3;1-4H2;1H2;/t14-,15+,18-;15-,16+,19-;12-;5-,6+;;;/m010..../s1. The first-order chi connectivity index (χ1) is 44.6. The summed E-state index contributed by atoms with van der Waals surface area (Å²) in [5, 5.41) is 56.8. The highest BCUT2D eigenvalue weighted by molar-refractivity contribution is 6.40. The number of hydrogen-bond acceptors (Lipinski definition) is 14. The van der Waals surface area contributed by atoms with Crippen LogP contribution in [-0.2, 0) is 14.3 Å². The number of ether oxygens (including phenoxy) is 4. The second-order valence-electron chi connectivity index (χ2n) is 26.6. The van der Waals surface area contributed by atoms with Crippen molar-refractivity contribution in [2.45, 2.75) is 241 Å². The molecular weight excluding hydrogens is 1310 g/mol. The molecule has 10 rings (SSSR count). The molecule has 7 aliphatic rings. The molecule has 28 heteroatoms. The average Bonchev–Trinajstić information content (AvgIpc) is 0.820. The number of amides is 1. The van der Waals surface area contributed by atoms with E-state index in [0.717, 1.165) is 96.5 Å². The smallest absolute Gasteiger partial charge is 0.481 e. The minimum absolute atomic E-state index is 0. The van der Waals surface area contributed by atoms with E-state index in [-0.39, 0.29) is 54.7 Å². The highest BCUT2D eigenvalue weighted by atomic mass is 35.5. The first kappa shape index (κ1) is 84.1. The van der Waals surface area contributed by atoms with Crippen molar-refractivity contribution in [1.82, 2.24) is 31.1 Å². The number of alkyl halides is 11. The number of carbonyl (C=O) groups is 2. The van der Waals surface area contributed by atoms with Crippen molar-refractivity contribution in [2.75, 3.05) is 64.4 Å². The lowest BCUT2D eigenvalue weighted by molar-refractivity contribution is -0.275. The van der Waals surface area contributed by atoms with Gasteiger partial charge < -0.3 is 65.5 Å². The summed E-state index contributed by atoms with van der Waals surface area (Å²) in [4.78, 5) is 29.2. The topological polar surface area (TPSA) is 207 Å². The van der Waals surface area contributed by atoms with Crippen LogP contribution in [-0.4, -0.2) is 187 Å². The predicted molar refractivity (Wildman–Crippen MR) is 354 cm³/mol. The van der Waals surface area contributed by atoms with E-state index in [0.29, 0.717) is 106 Å². The van der Waals surface area contributed by atoms with Gasteiger partial charge in [-0.1, -0.05) is 94.2 Å². The Hall–Kier alpha value is -4.35. The third-order valence-corrected chi connectivity index (χ3v) is 18.0. The molecule has 0 bridgehead atoms. The monoisotopic (exact) mass is 1410 g/mol. The number of aliphatic hydroxyl groups is 3. The van der Waals surface area contributed by atoms with Crippen LogP contribution in [0.4, 0.5) is 39.5 Å². The molecule has 0 spiro atoms. The molecule has 7 fully saturated rings. The average molecular weight is 1420 g/mol. The van der Waals surface area contributed by atoms with E-state index in [1.54, 1.807) is 17.0 Å². The number of rotatable bonds is 13. The maximum atomic E-state index is 13.6. The Morgan fingerprint density at radius 1 is 0.521 bits per heavy atom. The number of carbonyl (C=O) groups excluding carboxylic acids is 1. The first-order valence-electron chi connectivity index (χ1n) is 33.3. The molecule has 543 valence electrons. The lowest BCUT2D eigenvalue weighted by Crippen LogP contribution is -2.58. The van der Waals surface area contributed by atoms with Gasteiger partial charge in [0.05, 0.1) is 28.1 Å². The van der Waals surface area contributed by atoms with E-state index in [9.17, 15) is 69.5 Å². The molecule has 9 atom stereocenters. The van der Waals surface area contributed by atoms with Crippen molar-refractivity contribution in [3.8, 4) is 17.2 Å². The molecule has 3 aliphatic carbocycles. The maximum Gasteiger partial charge on any atom is 0.573 e. The van der Waals surface area contributed by atoms with Gasteiger partial charge in [0.2, 0.25) is 5.91 Å². The van der Waals surface area contributed by atoms with Crippen molar-refractivity contribution in [3.05, 3.63) is 89.5 Å². The van der Waals surface area contributed by atoms with E-state index < -0.39 is 59.4 Å². The summed E-state index contributed by atoms with van der Waals surface area (Å²) < 4.78 is 130. The molecule has 4 aliphatic heterocycles. The summed E-state index contributed by atoms with van der Waals surface area (Å²) >= 11 is 9.53. The summed E-state index contributed by atoms with van der Waals surface area (Å²) in [5.74, 6) is -5.03. The molecule has 4 saturated heterocycles. The van der Waals surface area contributed by atoms with Crippen LogP contribution in [0.15, 0.2) is 72.8 Å². The van der Waals surface area contributed by atoms with Crippen LogP contribution in [0.1, 0.15) is 185 Å².